The van der Waals surface area contributed by atoms with Crippen molar-refractivity contribution >= 4 is 5.65 Å². The number of H-pyrrole nitrogens is 1. The fourth-order valence-electron chi connectivity index (χ4n) is 2.50. The van der Waals surface area contributed by atoms with Crippen molar-refractivity contribution in [3.05, 3.63) is 57.9 Å². The Labute approximate surface area is 127 Å². The fraction of sp³-hybridized carbons (Fsp3) is 0.294. The SMILES string of the molecule is Cc1[nH]n2c(=O)cc(C(C)(C)C)nc2c1-c1ccc(F)cc1. The van der Waals surface area contributed by atoms with Crippen LogP contribution in [0.3, 0.4) is 0 Å². The Hall–Kier alpha value is -2.43. The molecule has 2 aromatic heterocycles. The van der Waals surface area contributed by atoms with Crippen LogP contribution >= 0.6 is 0 Å². The van der Waals surface area contributed by atoms with E-state index in [2.05, 4.69) is 10.1 Å². The Kier molecular flexibility index (Phi) is 3.16. The highest BCUT2D eigenvalue weighted by molar-refractivity contribution is 5.79. The molecule has 0 aliphatic heterocycles. The molecular formula is C17H18FN3O. The summed E-state index contributed by atoms with van der Waals surface area (Å²) in [4.78, 5) is 17.0. The van der Waals surface area contributed by atoms with Gasteiger partial charge >= 0.3 is 0 Å². The van der Waals surface area contributed by atoms with Crippen LogP contribution in [0.15, 0.2) is 35.1 Å². The van der Waals surface area contributed by atoms with Crippen molar-refractivity contribution in [1.82, 2.24) is 14.6 Å². The lowest BCUT2D eigenvalue weighted by Crippen LogP contribution is -2.22. The first kappa shape index (κ1) is 14.5. The van der Waals surface area contributed by atoms with E-state index in [1.807, 2.05) is 27.7 Å². The normalized spacial score (nSPS) is 12.0. The molecule has 1 N–H and O–H groups in total. The van der Waals surface area contributed by atoms with E-state index >= 15 is 0 Å². The van der Waals surface area contributed by atoms with Crippen LogP contribution in [-0.4, -0.2) is 14.6 Å². The second-order valence-electron chi connectivity index (χ2n) is 6.51. The second kappa shape index (κ2) is 4.80. The first-order valence-corrected chi connectivity index (χ1v) is 7.16. The number of aromatic nitrogens is 3. The van der Waals surface area contributed by atoms with Gasteiger partial charge in [0.25, 0.3) is 5.56 Å². The predicted octanol–water partition coefficient (Wildman–Crippen LogP) is 3.43. The minimum Gasteiger partial charge on any atom is -0.293 e. The summed E-state index contributed by atoms with van der Waals surface area (Å²) >= 11 is 0. The summed E-state index contributed by atoms with van der Waals surface area (Å²) in [6.45, 7) is 7.93. The highest BCUT2D eigenvalue weighted by atomic mass is 19.1. The van der Waals surface area contributed by atoms with E-state index in [0.717, 1.165) is 22.5 Å². The maximum absolute atomic E-state index is 13.1. The Morgan fingerprint density at radius 1 is 1.18 bits per heavy atom. The van der Waals surface area contributed by atoms with E-state index in [1.54, 1.807) is 18.2 Å². The maximum Gasteiger partial charge on any atom is 0.272 e. The number of nitrogens with zero attached hydrogens (tertiary/aromatic N) is 2. The molecule has 0 radical (unpaired) electrons. The number of halogens is 1. The number of aryl methyl sites for hydroxylation is 1. The summed E-state index contributed by atoms with van der Waals surface area (Å²) < 4.78 is 14.6. The topological polar surface area (TPSA) is 50.2 Å². The van der Waals surface area contributed by atoms with E-state index in [1.165, 1.54) is 16.6 Å². The second-order valence-corrected chi connectivity index (χ2v) is 6.51. The zero-order valence-corrected chi connectivity index (χ0v) is 13.1. The van der Waals surface area contributed by atoms with E-state index in [9.17, 15) is 9.18 Å². The number of hydrogen-bond acceptors (Lipinski definition) is 2. The molecule has 0 saturated heterocycles. The van der Waals surface area contributed by atoms with E-state index in [0.29, 0.717) is 5.65 Å². The van der Waals surface area contributed by atoms with Gasteiger partial charge in [-0.15, -0.1) is 0 Å². The largest absolute Gasteiger partial charge is 0.293 e. The Morgan fingerprint density at radius 3 is 2.41 bits per heavy atom. The molecule has 0 unspecified atom stereocenters. The van der Waals surface area contributed by atoms with Crippen LogP contribution in [0.4, 0.5) is 4.39 Å². The van der Waals surface area contributed by atoms with Crippen LogP contribution in [0.5, 0.6) is 0 Å². The number of benzene rings is 1. The van der Waals surface area contributed by atoms with Crippen molar-refractivity contribution in [2.24, 2.45) is 0 Å². The third-order valence-electron chi connectivity index (χ3n) is 3.70. The van der Waals surface area contributed by atoms with Gasteiger partial charge in [-0.1, -0.05) is 32.9 Å². The summed E-state index contributed by atoms with van der Waals surface area (Å²) in [6, 6.07) is 7.76. The maximum atomic E-state index is 13.1. The van der Waals surface area contributed by atoms with E-state index < -0.39 is 0 Å². The molecule has 0 aliphatic rings. The molecule has 0 aliphatic carbocycles. The van der Waals surface area contributed by atoms with Crippen molar-refractivity contribution in [2.45, 2.75) is 33.1 Å². The summed E-state index contributed by atoms with van der Waals surface area (Å²) in [6.07, 6.45) is 0. The highest BCUT2D eigenvalue weighted by Gasteiger charge is 2.20. The molecule has 3 rings (SSSR count). The van der Waals surface area contributed by atoms with E-state index in [4.69, 9.17) is 0 Å². The standard InChI is InChI=1S/C17H18FN3O/c1-10-15(11-5-7-12(18)8-6-11)16-19-13(17(2,3)4)9-14(22)21(16)20-10/h5-9,20H,1-4H3. The quantitative estimate of drug-likeness (QED) is 0.748. The third kappa shape index (κ3) is 2.32. The van der Waals surface area contributed by atoms with Crippen molar-refractivity contribution in [3.63, 3.8) is 0 Å². The van der Waals surface area contributed by atoms with Gasteiger partial charge in [-0.25, -0.2) is 13.9 Å². The van der Waals surface area contributed by atoms with Gasteiger partial charge in [-0.3, -0.25) is 9.89 Å². The first-order valence-electron chi connectivity index (χ1n) is 7.16. The molecule has 4 nitrogen and oxygen atoms in total. The zero-order valence-electron chi connectivity index (χ0n) is 13.1. The van der Waals surface area contributed by atoms with Gasteiger partial charge in [0.05, 0.1) is 5.69 Å². The average molecular weight is 299 g/mol. The molecule has 22 heavy (non-hydrogen) atoms. The van der Waals surface area contributed by atoms with Crippen LogP contribution in [-0.2, 0) is 5.41 Å². The van der Waals surface area contributed by atoms with Crippen molar-refractivity contribution in [2.75, 3.05) is 0 Å². The number of rotatable bonds is 1. The summed E-state index contributed by atoms with van der Waals surface area (Å²) in [5.41, 5.74) is 3.41. The van der Waals surface area contributed by atoms with Crippen LogP contribution < -0.4 is 5.56 Å². The molecule has 3 aromatic rings. The Balaban J connectivity index is 2.35. The molecule has 0 fully saturated rings. The smallest absolute Gasteiger partial charge is 0.272 e. The lowest BCUT2D eigenvalue weighted by molar-refractivity contribution is 0.566. The van der Waals surface area contributed by atoms with E-state index in [-0.39, 0.29) is 16.8 Å². The highest BCUT2D eigenvalue weighted by Crippen LogP contribution is 2.28. The molecule has 5 heteroatoms. The summed E-state index contributed by atoms with van der Waals surface area (Å²) in [7, 11) is 0. The predicted molar refractivity (Wildman–Crippen MR) is 84.6 cm³/mol. The molecule has 114 valence electrons. The molecule has 2 heterocycles. The van der Waals surface area contributed by atoms with Crippen molar-refractivity contribution < 1.29 is 4.39 Å². The zero-order chi connectivity index (χ0) is 16.1. The summed E-state index contributed by atoms with van der Waals surface area (Å²) in [5.74, 6) is -0.290. The van der Waals surface area contributed by atoms with Crippen LogP contribution in [0.2, 0.25) is 0 Å². The van der Waals surface area contributed by atoms with Crippen molar-refractivity contribution in [1.29, 1.82) is 0 Å². The van der Waals surface area contributed by atoms with Crippen LogP contribution in [0.1, 0.15) is 32.2 Å². The lowest BCUT2D eigenvalue weighted by atomic mass is 9.92. The third-order valence-corrected chi connectivity index (χ3v) is 3.70. The minimum absolute atomic E-state index is 0.147. The molecule has 0 bridgehead atoms. The van der Waals surface area contributed by atoms with Crippen molar-refractivity contribution in [3.8, 4) is 11.1 Å². The van der Waals surface area contributed by atoms with Gasteiger partial charge in [0.2, 0.25) is 0 Å². The molecule has 0 saturated carbocycles. The minimum atomic E-state index is -0.290. The average Bonchev–Trinajstić information content (AvgIpc) is 2.76. The van der Waals surface area contributed by atoms with Crippen LogP contribution in [0.25, 0.3) is 16.8 Å². The Morgan fingerprint density at radius 2 is 1.82 bits per heavy atom. The van der Waals surface area contributed by atoms with Gasteiger partial charge in [0.1, 0.15) is 5.82 Å². The Bertz CT molecular complexity index is 899. The van der Waals surface area contributed by atoms with Crippen LogP contribution in [0, 0.1) is 12.7 Å². The monoisotopic (exact) mass is 299 g/mol. The number of nitrogens with one attached hydrogen (secondary N) is 1. The molecular weight excluding hydrogens is 281 g/mol. The van der Waals surface area contributed by atoms with Gasteiger partial charge in [0.15, 0.2) is 5.65 Å². The molecule has 1 aromatic carbocycles. The summed E-state index contributed by atoms with van der Waals surface area (Å²) in [5, 5.41) is 3.04. The fourth-order valence-corrected chi connectivity index (χ4v) is 2.50. The van der Waals surface area contributed by atoms with Gasteiger partial charge in [0, 0.05) is 22.7 Å². The number of aromatic amines is 1. The van der Waals surface area contributed by atoms with Gasteiger partial charge < -0.3 is 0 Å². The van der Waals surface area contributed by atoms with Gasteiger partial charge in [-0.2, -0.15) is 0 Å². The molecule has 0 atom stereocenters. The molecule has 0 amide bonds. The number of hydrogen-bond donors (Lipinski definition) is 1. The number of fused-ring (bicyclic) bond motifs is 1. The molecule has 0 spiro atoms. The first-order chi connectivity index (χ1) is 10.3. The van der Waals surface area contributed by atoms with Gasteiger partial charge in [-0.05, 0) is 24.6 Å². The lowest BCUT2D eigenvalue weighted by Gasteiger charge is -2.17.